The average molecular weight is 244 g/mol. The van der Waals surface area contributed by atoms with Crippen LogP contribution in [0.2, 0.25) is 0 Å². The Morgan fingerprint density at radius 1 is 1.18 bits per heavy atom. The van der Waals surface area contributed by atoms with Crippen LogP contribution in [0.4, 0.5) is 0 Å². The van der Waals surface area contributed by atoms with E-state index in [0.29, 0.717) is 6.04 Å². The van der Waals surface area contributed by atoms with Gasteiger partial charge in [-0.25, -0.2) is 0 Å². The lowest BCUT2D eigenvalue weighted by Gasteiger charge is -2.28. The van der Waals surface area contributed by atoms with E-state index in [4.69, 9.17) is 4.74 Å². The second-order valence-electron chi connectivity index (χ2n) is 5.24. The third-order valence-corrected chi connectivity index (χ3v) is 3.15. The maximum Gasteiger partial charge on any atom is 0.0589 e. The molecule has 0 rings (SSSR count). The first-order valence-corrected chi connectivity index (χ1v) is 7.05. The molecule has 0 aliphatic carbocycles. The van der Waals surface area contributed by atoms with Crippen molar-refractivity contribution in [2.45, 2.75) is 46.6 Å². The summed E-state index contributed by atoms with van der Waals surface area (Å²) in [6.45, 7) is 14.4. The standard InChI is InChI=1S/C14H32N2O/c1-6-14(4)16(10-11-17-5)9-7-8-15-12-13(2)3/h13-15H,6-12H2,1-5H3. The highest BCUT2D eigenvalue weighted by atomic mass is 16.5. The van der Waals surface area contributed by atoms with Crippen LogP contribution in [0.25, 0.3) is 0 Å². The topological polar surface area (TPSA) is 24.5 Å². The number of hydrogen-bond donors (Lipinski definition) is 1. The van der Waals surface area contributed by atoms with E-state index in [1.807, 2.05) is 0 Å². The summed E-state index contributed by atoms with van der Waals surface area (Å²) in [5.41, 5.74) is 0. The van der Waals surface area contributed by atoms with E-state index in [1.54, 1.807) is 7.11 Å². The molecule has 1 atom stereocenters. The van der Waals surface area contributed by atoms with Gasteiger partial charge in [-0.2, -0.15) is 0 Å². The molecule has 0 aromatic rings. The Morgan fingerprint density at radius 2 is 1.88 bits per heavy atom. The van der Waals surface area contributed by atoms with E-state index in [9.17, 15) is 0 Å². The average Bonchev–Trinajstić information content (AvgIpc) is 2.31. The number of nitrogens with zero attached hydrogens (tertiary/aromatic N) is 1. The number of rotatable bonds is 11. The molecule has 0 aliphatic heterocycles. The van der Waals surface area contributed by atoms with Crippen molar-refractivity contribution in [3.05, 3.63) is 0 Å². The fourth-order valence-corrected chi connectivity index (χ4v) is 1.82. The molecular formula is C14H32N2O. The summed E-state index contributed by atoms with van der Waals surface area (Å²) in [4.78, 5) is 2.53. The van der Waals surface area contributed by atoms with Crippen molar-refractivity contribution >= 4 is 0 Å². The van der Waals surface area contributed by atoms with Crippen molar-refractivity contribution in [2.75, 3.05) is 39.9 Å². The minimum absolute atomic E-state index is 0.662. The first-order chi connectivity index (χ1) is 8.11. The second kappa shape index (κ2) is 11.0. The molecule has 0 saturated heterocycles. The van der Waals surface area contributed by atoms with Crippen molar-refractivity contribution in [2.24, 2.45) is 5.92 Å². The molecule has 0 bridgehead atoms. The van der Waals surface area contributed by atoms with Crippen LogP contribution < -0.4 is 5.32 Å². The maximum atomic E-state index is 5.17. The molecule has 0 aliphatic rings. The van der Waals surface area contributed by atoms with Crippen molar-refractivity contribution in [1.82, 2.24) is 10.2 Å². The zero-order chi connectivity index (χ0) is 13.1. The van der Waals surface area contributed by atoms with E-state index in [2.05, 4.69) is 37.9 Å². The molecule has 0 radical (unpaired) electrons. The van der Waals surface area contributed by atoms with Crippen molar-refractivity contribution in [1.29, 1.82) is 0 Å². The normalized spacial score (nSPS) is 13.6. The smallest absolute Gasteiger partial charge is 0.0589 e. The maximum absolute atomic E-state index is 5.17. The van der Waals surface area contributed by atoms with Gasteiger partial charge in [-0.1, -0.05) is 20.8 Å². The number of hydrogen-bond acceptors (Lipinski definition) is 3. The fraction of sp³-hybridized carbons (Fsp3) is 1.00. The molecule has 1 N–H and O–H groups in total. The van der Waals surface area contributed by atoms with Crippen molar-refractivity contribution < 1.29 is 4.74 Å². The van der Waals surface area contributed by atoms with Gasteiger partial charge in [0.05, 0.1) is 6.61 Å². The molecule has 0 heterocycles. The molecule has 0 saturated carbocycles. The molecule has 0 amide bonds. The van der Waals surface area contributed by atoms with E-state index >= 15 is 0 Å². The van der Waals surface area contributed by atoms with Crippen molar-refractivity contribution in [3.8, 4) is 0 Å². The predicted molar refractivity (Wildman–Crippen MR) is 75.5 cm³/mol. The van der Waals surface area contributed by atoms with Gasteiger partial charge >= 0.3 is 0 Å². The monoisotopic (exact) mass is 244 g/mol. The molecule has 0 fully saturated rings. The lowest BCUT2D eigenvalue weighted by molar-refractivity contribution is 0.122. The van der Waals surface area contributed by atoms with Crippen molar-refractivity contribution in [3.63, 3.8) is 0 Å². The number of ether oxygens (including phenoxy) is 1. The zero-order valence-corrected chi connectivity index (χ0v) is 12.5. The molecule has 0 aromatic heterocycles. The highest BCUT2D eigenvalue weighted by Gasteiger charge is 2.10. The summed E-state index contributed by atoms with van der Waals surface area (Å²) in [5, 5.41) is 3.50. The lowest BCUT2D eigenvalue weighted by Crippen LogP contribution is -2.37. The number of nitrogens with one attached hydrogen (secondary N) is 1. The molecule has 0 spiro atoms. The Labute approximate surface area is 108 Å². The Morgan fingerprint density at radius 3 is 2.41 bits per heavy atom. The van der Waals surface area contributed by atoms with Gasteiger partial charge in [0.25, 0.3) is 0 Å². The van der Waals surface area contributed by atoms with Gasteiger partial charge in [0.2, 0.25) is 0 Å². The van der Waals surface area contributed by atoms with Gasteiger partial charge < -0.3 is 10.1 Å². The quantitative estimate of drug-likeness (QED) is 0.565. The first-order valence-electron chi connectivity index (χ1n) is 7.05. The molecule has 0 aromatic carbocycles. The Kier molecular flexibility index (Phi) is 10.9. The van der Waals surface area contributed by atoms with Crippen LogP contribution >= 0.6 is 0 Å². The second-order valence-corrected chi connectivity index (χ2v) is 5.24. The van der Waals surface area contributed by atoms with Crippen LogP contribution in [0.1, 0.15) is 40.5 Å². The zero-order valence-electron chi connectivity index (χ0n) is 12.5. The summed E-state index contributed by atoms with van der Waals surface area (Å²) in [6, 6.07) is 0.662. The van der Waals surface area contributed by atoms with Gasteiger partial charge in [0.1, 0.15) is 0 Å². The highest BCUT2D eigenvalue weighted by molar-refractivity contribution is 4.66. The summed E-state index contributed by atoms with van der Waals surface area (Å²) >= 11 is 0. The van der Waals surface area contributed by atoms with Gasteiger partial charge in [-0.15, -0.1) is 0 Å². The van der Waals surface area contributed by atoms with Crippen LogP contribution in [0.5, 0.6) is 0 Å². The molecule has 104 valence electrons. The minimum atomic E-state index is 0.662. The lowest BCUT2D eigenvalue weighted by atomic mass is 10.2. The third-order valence-electron chi connectivity index (χ3n) is 3.15. The van der Waals surface area contributed by atoms with E-state index in [0.717, 1.165) is 32.2 Å². The first kappa shape index (κ1) is 16.9. The summed E-state index contributed by atoms with van der Waals surface area (Å²) in [7, 11) is 1.78. The summed E-state index contributed by atoms with van der Waals surface area (Å²) in [6.07, 6.45) is 2.43. The van der Waals surface area contributed by atoms with Gasteiger partial charge in [0, 0.05) is 19.7 Å². The Balaban J connectivity index is 3.67. The van der Waals surface area contributed by atoms with E-state index in [1.165, 1.54) is 19.4 Å². The Hall–Kier alpha value is -0.120. The molecule has 1 unspecified atom stereocenters. The summed E-state index contributed by atoms with van der Waals surface area (Å²) in [5.74, 6) is 0.745. The van der Waals surface area contributed by atoms with Crippen LogP contribution in [0.15, 0.2) is 0 Å². The molecule has 3 nitrogen and oxygen atoms in total. The van der Waals surface area contributed by atoms with Gasteiger partial charge in [-0.3, -0.25) is 4.90 Å². The minimum Gasteiger partial charge on any atom is -0.383 e. The largest absolute Gasteiger partial charge is 0.383 e. The Bertz CT molecular complexity index is 162. The highest BCUT2D eigenvalue weighted by Crippen LogP contribution is 2.04. The van der Waals surface area contributed by atoms with Crippen LogP contribution in [-0.4, -0.2) is 50.8 Å². The van der Waals surface area contributed by atoms with Gasteiger partial charge in [-0.05, 0) is 45.3 Å². The predicted octanol–water partition coefficient (Wildman–Crippen LogP) is 2.37. The third kappa shape index (κ3) is 9.57. The van der Waals surface area contributed by atoms with Crippen LogP contribution in [-0.2, 0) is 4.74 Å². The molecule has 17 heavy (non-hydrogen) atoms. The van der Waals surface area contributed by atoms with Crippen LogP contribution in [0, 0.1) is 5.92 Å². The van der Waals surface area contributed by atoms with Gasteiger partial charge in [0.15, 0.2) is 0 Å². The van der Waals surface area contributed by atoms with E-state index in [-0.39, 0.29) is 0 Å². The molecule has 3 heteroatoms. The summed E-state index contributed by atoms with van der Waals surface area (Å²) < 4.78 is 5.17. The molecular weight excluding hydrogens is 212 g/mol. The number of methoxy groups -OCH3 is 1. The fourth-order valence-electron chi connectivity index (χ4n) is 1.82. The van der Waals surface area contributed by atoms with E-state index < -0.39 is 0 Å². The van der Waals surface area contributed by atoms with Crippen LogP contribution in [0.3, 0.4) is 0 Å². The SMILES string of the molecule is CCC(C)N(CCCNCC(C)C)CCOC.